The van der Waals surface area contributed by atoms with Crippen LogP contribution in [0.3, 0.4) is 0 Å². The molecule has 1 atom stereocenters. The first-order chi connectivity index (χ1) is 5.97. The Morgan fingerprint density at radius 3 is 3.00 bits per heavy atom. The molecule has 2 rings (SSSR count). The van der Waals surface area contributed by atoms with Crippen molar-refractivity contribution in [1.29, 1.82) is 0 Å². The van der Waals surface area contributed by atoms with Crippen molar-refractivity contribution >= 4 is 0 Å². The lowest BCUT2D eigenvalue weighted by Crippen LogP contribution is -2.11. The summed E-state index contributed by atoms with van der Waals surface area (Å²) in [6.07, 6.45) is 3.96. The first kappa shape index (κ1) is 7.81. The standard InChI is InChI=1S/C11H13O/c1-2-6-10(7-3-1)11-8-4-5-9-12-11/h1-3,6,11H,4-5,8-9H2. The van der Waals surface area contributed by atoms with Crippen LogP contribution in [0.1, 0.15) is 30.9 Å². The lowest BCUT2D eigenvalue weighted by atomic mass is 10.0. The van der Waals surface area contributed by atoms with Crippen LogP contribution in [-0.4, -0.2) is 6.61 Å². The second-order valence-electron chi connectivity index (χ2n) is 3.17. The SMILES string of the molecule is [c]1ccccc1C1CCCCO1. The smallest absolute Gasteiger partial charge is 0.0830 e. The van der Waals surface area contributed by atoms with Crippen molar-refractivity contribution in [3.63, 3.8) is 0 Å². The summed E-state index contributed by atoms with van der Waals surface area (Å²) in [6, 6.07) is 11.3. The van der Waals surface area contributed by atoms with Gasteiger partial charge in [0, 0.05) is 6.61 Å². The second kappa shape index (κ2) is 3.72. The van der Waals surface area contributed by atoms with Crippen LogP contribution in [0, 0.1) is 6.07 Å². The average Bonchev–Trinajstić information content (AvgIpc) is 2.21. The highest BCUT2D eigenvalue weighted by atomic mass is 16.5. The highest BCUT2D eigenvalue weighted by Crippen LogP contribution is 2.26. The van der Waals surface area contributed by atoms with Crippen molar-refractivity contribution in [2.45, 2.75) is 25.4 Å². The van der Waals surface area contributed by atoms with E-state index < -0.39 is 0 Å². The Balaban J connectivity index is 2.08. The molecule has 0 bridgehead atoms. The monoisotopic (exact) mass is 161 g/mol. The fraction of sp³-hybridized carbons (Fsp3) is 0.455. The van der Waals surface area contributed by atoms with Gasteiger partial charge in [-0.05, 0) is 30.9 Å². The third-order valence-electron chi connectivity index (χ3n) is 2.26. The van der Waals surface area contributed by atoms with E-state index in [2.05, 4.69) is 12.1 Å². The van der Waals surface area contributed by atoms with E-state index >= 15 is 0 Å². The van der Waals surface area contributed by atoms with E-state index in [-0.39, 0.29) is 0 Å². The summed E-state index contributed by atoms with van der Waals surface area (Å²) in [7, 11) is 0. The normalized spacial score (nSPS) is 23.8. The Kier molecular flexibility index (Phi) is 2.42. The molecule has 1 nitrogen and oxygen atoms in total. The number of hydrogen-bond donors (Lipinski definition) is 0. The third kappa shape index (κ3) is 1.67. The van der Waals surface area contributed by atoms with Crippen molar-refractivity contribution in [1.82, 2.24) is 0 Å². The minimum absolute atomic E-state index is 0.306. The van der Waals surface area contributed by atoms with Gasteiger partial charge in [0.25, 0.3) is 0 Å². The maximum atomic E-state index is 5.63. The van der Waals surface area contributed by atoms with Gasteiger partial charge in [-0.2, -0.15) is 0 Å². The first-order valence-electron chi connectivity index (χ1n) is 4.55. The molecule has 0 amide bonds. The summed E-state index contributed by atoms with van der Waals surface area (Å²) in [4.78, 5) is 0. The van der Waals surface area contributed by atoms with Crippen molar-refractivity contribution in [2.24, 2.45) is 0 Å². The van der Waals surface area contributed by atoms with Gasteiger partial charge in [0.1, 0.15) is 0 Å². The van der Waals surface area contributed by atoms with Crippen LogP contribution in [0.15, 0.2) is 24.3 Å². The molecule has 0 saturated carbocycles. The predicted octanol–water partition coefficient (Wildman–Crippen LogP) is 2.73. The Morgan fingerprint density at radius 1 is 1.33 bits per heavy atom. The summed E-state index contributed by atoms with van der Waals surface area (Å²) < 4.78 is 5.63. The molecule has 1 fully saturated rings. The molecule has 12 heavy (non-hydrogen) atoms. The number of rotatable bonds is 1. The molecule has 0 spiro atoms. The molecule has 1 radical (unpaired) electrons. The van der Waals surface area contributed by atoms with Crippen LogP contribution in [0.4, 0.5) is 0 Å². The van der Waals surface area contributed by atoms with E-state index in [0.29, 0.717) is 6.10 Å². The van der Waals surface area contributed by atoms with Gasteiger partial charge < -0.3 is 4.74 Å². The van der Waals surface area contributed by atoms with Gasteiger partial charge in [0.05, 0.1) is 6.10 Å². The van der Waals surface area contributed by atoms with E-state index in [9.17, 15) is 0 Å². The molecule has 0 N–H and O–H groups in total. The van der Waals surface area contributed by atoms with Crippen LogP contribution in [-0.2, 0) is 4.74 Å². The van der Waals surface area contributed by atoms with Gasteiger partial charge in [-0.3, -0.25) is 0 Å². The van der Waals surface area contributed by atoms with Crippen molar-refractivity contribution in [3.8, 4) is 0 Å². The van der Waals surface area contributed by atoms with Gasteiger partial charge in [0.15, 0.2) is 0 Å². The highest BCUT2D eigenvalue weighted by Gasteiger charge is 2.14. The molecule has 1 aromatic carbocycles. The van der Waals surface area contributed by atoms with E-state index in [0.717, 1.165) is 13.0 Å². The minimum Gasteiger partial charge on any atom is -0.374 e. The predicted molar refractivity (Wildman–Crippen MR) is 47.8 cm³/mol. The molecule has 0 aliphatic carbocycles. The molecule has 1 aliphatic heterocycles. The summed E-state index contributed by atoms with van der Waals surface area (Å²) >= 11 is 0. The summed E-state index contributed by atoms with van der Waals surface area (Å²) in [5, 5.41) is 0. The van der Waals surface area contributed by atoms with Gasteiger partial charge in [-0.1, -0.05) is 24.3 Å². The van der Waals surface area contributed by atoms with Crippen molar-refractivity contribution in [3.05, 3.63) is 35.9 Å². The van der Waals surface area contributed by atoms with Crippen molar-refractivity contribution < 1.29 is 4.74 Å². The van der Waals surface area contributed by atoms with Gasteiger partial charge >= 0.3 is 0 Å². The summed E-state index contributed by atoms with van der Waals surface area (Å²) in [6.45, 7) is 0.910. The number of ether oxygens (including phenoxy) is 1. The van der Waals surface area contributed by atoms with Crippen LogP contribution in [0.2, 0.25) is 0 Å². The zero-order valence-electron chi connectivity index (χ0n) is 7.12. The minimum atomic E-state index is 0.306. The Hall–Kier alpha value is -0.820. The Bertz CT molecular complexity index is 224. The molecule has 0 aromatic heterocycles. The molecular formula is C11H13O. The fourth-order valence-electron chi connectivity index (χ4n) is 1.59. The molecule has 1 saturated heterocycles. The van der Waals surface area contributed by atoms with E-state index in [1.54, 1.807) is 0 Å². The van der Waals surface area contributed by atoms with Crippen LogP contribution >= 0.6 is 0 Å². The lowest BCUT2D eigenvalue weighted by molar-refractivity contribution is 0.0148. The number of hydrogen-bond acceptors (Lipinski definition) is 1. The molecule has 1 heteroatoms. The van der Waals surface area contributed by atoms with Gasteiger partial charge in [-0.15, -0.1) is 0 Å². The zero-order chi connectivity index (χ0) is 8.23. The summed E-state index contributed by atoms with van der Waals surface area (Å²) in [5.41, 5.74) is 1.21. The first-order valence-corrected chi connectivity index (χ1v) is 4.55. The molecule has 1 unspecified atom stereocenters. The van der Waals surface area contributed by atoms with Crippen LogP contribution in [0.5, 0.6) is 0 Å². The second-order valence-corrected chi connectivity index (χ2v) is 3.17. The Labute approximate surface area is 73.4 Å². The molecule has 1 aromatic rings. The fourth-order valence-corrected chi connectivity index (χ4v) is 1.59. The van der Waals surface area contributed by atoms with Crippen LogP contribution < -0.4 is 0 Å². The molecule has 1 aliphatic rings. The highest BCUT2D eigenvalue weighted by molar-refractivity contribution is 5.16. The molecular weight excluding hydrogens is 148 g/mol. The van der Waals surface area contributed by atoms with Crippen LogP contribution in [0.25, 0.3) is 0 Å². The third-order valence-corrected chi connectivity index (χ3v) is 2.26. The van der Waals surface area contributed by atoms with E-state index in [1.165, 1.54) is 18.4 Å². The molecule has 63 valence electrons. The van der Waals surface area contributed by atoms with Crippen molar-refractivity contribution in [2.75, 3.05) is 6.61 Å². The molecule has 1 heterocycles. The maximum Gasteiger partial charge on any atom is 0.0830 e. The van der Waals surface area contributed by atoms with Gasteiger partial charge in [-0.25, -0.2) is 0 Å². The average molecular weight is 161 g/mol. The largest absolute Gasteiger partial charge is 0.374 e. The lowest BCUT2D eigenvalue weighted by Gasteiger charge is -2.22. The van der Waals surface area contributed by atoms with Gasteiger partial charge in [0.2, 0.25) is 0 Å². The maximum absolute atomic E-state index is 5.63. The van der Waals surface area contributed by atoms with E-state index in [4.69, 9.17) is 4.74 Å². The quantitative estimate of drug-likeness (QED) is 0.615. The zero-order valence-corrected chi connectivity index (χ0v) is 7.12. The topological polar surface area (TPSA) is 9.23 Å². The number of benzene rings is 1. The summed E-state index contributed by atoms with van der Waals surface area (Å²) in [5.74, 6) is 0. The van der Waals surface area contributed by atoms with E-state index in [1.807, 2.05) is 18.2 Å². The Morgan fingerprint density at radius 2 is 2.33 bits per heavy atom.